The molecule has 0 saturated heterocycles. The van der Waals surface area contributed by atoms with Crippen molar-refractivity contribution in [3.63, 3.8) is 0 Å². The van der Waals surface area contributed by atoms with Crippen molar-refractivity contribution in [3.8, 4) is 0 Å². The van der Waals surface area contributed by atoms with Crippen LogP contribution in [0.25, 0.3) is 0 Å². The van der Waals surface area contributed by atoms with Crippen LogP contribution in [0.4, 0.5) is 0 Å². The maximum Gasteiger partial charge on any atom is 0.0169 e. The van der Waals surface area contributed by atoms with Crippen LogP contribution in [0.15, 0.2) is 0 Å². The summed E-state index contributed by atoms with van der Waals surface area (Å²) < 4.78 is 0. The first-order valence-electron chi connectivity index (χ1n) is 3.64. The monoisotopic (exact) mass is 145 g/mol. The fourth-order valence-electron chi connectivity index (χ4n) is 1.41. The maximum atomic E-state index is 5.79. The van der Waals surface area contributed by atoms with Gasteiger partial charge in [0.2, 0.25) is 0 Å². The Hall–Kier alpha value is 0.310. The predicted octanol–water partition coefficient (Wildman–Crippen LogP) is 1.43. The molecule has 3 atom stereocenters. The van der Waals surface area contributed by atoms with Crippen molar-refractivity contribution in [2.24, 2.45) is 11.7 Å². The molecular formula is C7H15NS. The minimum absolute atomic E-state index is 0.345. The summed E-state index contributed by atoms with van der Waals surface area (Å²) in [4.78, 5) is 0. The summed E-state index contributed by atoms with van der Waals surface area (Å²) in [5.41, 5.74) is 5.79. The quantitative estimate of drug-likeness (QED) is 0.495. The van der Waals surface area contributed by atoms with E-state index in [1.165, 1.54) is 12.8 Å². The molecule has 0 aromatic heterocycles. The third kappa shape index (κ3) is 1.87. The van der Waals surface area contributed by atoms with E-state index < -0.39 is 0 Å². The van der Waals surface area contributed by atoms with E-state index in [0.29, 0.717) is 11.3 Å². The van der Waals surface area contributed by atoms with Gasteiger partial charge in [-0.2, -0.15) is 12.6 Å². The van der Waals surface area contributed by atoms with Crippen LogP contribution in [0.3, 0.4) is 0 Å². The number of rotatable bonds is 0. The predicted molar refractivity (Wildman–Crippen MR) is 43.8 cm³/mol. The van der Waals surface area contributed by atoms with Gasteiger partial charge in [-0.25, -0.2) is 0 Å². The van der Waals surface area contributed by atoms with Crippen LogP contribution in [-0.4, -0.2) is 11.3 Å². The molecule has 1 saturated carbocycles. The SMILES string of the molecule is CC1CCC(S)C(N)C1. The highest BCUT2D eigenvalue weighted by Gasteiger charge is 2.22. The van der Waals surface area contributed by atoms with Gasteiger partial charge in [-0.1, -0.05) is 6.92 Å². The van der Waals surface area contributed by atoms with Gasteiger partial charge in [-0.3, -0.25) is 0 Å². The van der Waals surface area contributed by atoms with E-state index in [2.05, 4.69) is 19.6 Å². The average Bonchev–Trinajstić information content (AvgIpc) is 1.80. The highest BCUT2D eigenvalue weighted by Crippen LogP contribution is 2.25. The molecule has 0 aromatic rings. The molecule has 0 heterocycles. The summed E-state index contributed by atoms with van der Waals surface area (Å²) in [6.45, 7) is 2.26. The molecule has 1 fully saturated rings. The topological polar surface area (TPSA) is 26.0 Å². The molecule has 0 spiro atoms. The molecule has 2 N–H and O–H groups in total. The Morgan fingerprint density at radius 2 is 2.11 bits per heavy atom. The second-order valence-electron chi connectivity index (χ2n) is 3.15. The first-order chi connectivity index (χ1) is 4.20. The number of thiol groups is 1. The van der Waals surface area contributed by atoms with Crippen molar-refractivity contribution in [1.29, 1.82) is 0 Å². The lowest BCUT2D eigenvalue weighted by atomic mass is 9.87. The maximum absolute atomic E-state index is 5.79. The zero-order valence-corrected chi connectivity index (χ0v) is 6.77. The Balaban J connectivity index is 2.35. The Kier molecular flexibility index (Phi) is 2.42. The van der Waals surface area contributed by atoms with Crippen molar-refractivity contribution in [2.75, 3.05) is 0 Å². The van der Waals surface area contributed by atoms with Crippen LogP contribution in [-0.2, 0) is 0 Å². The largest absolute Gasteiger partial charge is 0.327 e. The van der Waals surface area contributed by atoms with E-state index in [-0.39, 0.29) is 0 Å². The van der Waals surface area contributed by atoms with Crippen molar-refractivity contribution in [3.05, 3.63) is 0 Å². The Morgan fingerprint density at radius 3 is 2.56 bits per heavy atom. The zero-order valence-electron chi connectivity index (χ0n) is 5.88. The van der Waals surface area contributed by atoms with Gasteiger partial charge in [-0.05, 0) is 25.2 Å². The third-order valence-corrected chi connectivity index (χ3v) is 2.77. The van der Waals surface area contributed by atoms with Crippen molar-refractivity contribution in [2.45, 2.75) is 37.5 Å². The zero-order chi connectivity index (χ0) is 6.85. The molecule has 54 valence electrons. The lowest BCUT2D eigenvalue weighted by Gasteiger charge is -2.28. The normalized spacial score (nSPS) is 45.0. The van der Waals surface area contributed by atoms with E-state index in [0.717, 1.165) is 12.3 Å². The smallest absolute Gasteiger partial charge is 0.0169 e. The molecule has 0 aromatic carbocycles. The van der Waals surface area contributed by atoms with Crippen LogP contribution < -0.4 is 5.73 Å². The van der Waals surface area contributed by atoms with Crippen LogP contribution >= 0.6 is 12.6 Å². The number of nitrogens with two attached hydrogens (primary N) is 1. The van der Waals surface area contributed by atoms with Crippen molar-refractivity contribution >= 4 is 12.6 Å². The van der Waals surface area contributed by atoms with Gasteiger partial charge in [0.15, 0.2) is 0 Å². The molecule has 1 aliphatic carbocycles. The molecule has 9 heavy (non-hydrogen) atoms. The first-order valence-corrected chi connectivity index (χ1v) is 4.15. The molecule has 1 nitrogen and oxygen atoms in total. The molecule has 1 rings (SSSR count). The second-order valence-corrected chi connectivity index (χ2v) is 3.81. The summed E-state index contributed by atoms with van der Waals surface area (Å²) in [7, 11) is 0. The lowest BCUT2D eigenvalue weighted by molar-refractivity contribution is 0.354. The Bertz CT molecular complexity index is 94.9. The second kappa shape index (κ2) is 2.93. The summed E-state index contributed by atoms with van der Waals surface area (Å²) >= 11 is 4.37. The lowest BCUT2D eigenvalue weighted by Crippen LogP contribution is -2.36. The molecule has 0 aliphatic heterocycles. The van der Waals surface area contributed by atoms with E-state index in [4.69, 9.17) is 5.73 Å². The summed E-state index contributed by atoms with van der Waals surface area (Å²) in [5.74, 6) is 0.823. The van der Waals surface area contributed by atoms with E-state index in [1.807, 2.05) is 0 Å². The molecule has 1 aliphatic rings. The Labute approximate surface area is 62.4 Å². The van der Waals surface area contributed by atoms with Crippen LogP contribution in [0.2, 0.25) is 0 Å². The van der Waals surface area contributed by atoms with Crippen LogP contribution in [0, 0.1) is 5.92 Å². The Morgan fingerprint density at radius 1 is 1.44 bits per heavy atom. The average molecular weight is 145 g/mol. The van der Waals surface area contributed by atoms with E-state index >= 15 is 0 Å². The van der Waals surface area contributed by atoms with E-state index in [1.54, 1.807) is 0 Å². The molecule has 2 heteroatoms. The minimum Gasteiger partial charge on any atom is -0.327 e. The standard InChI is InChI=1S/C7H15NS/c1-5-2-3-7(9)6(8)4-5/h5-7,9H,2-4,8H2,1H3. The molecule has 0 bridgehead atoms. The van der Waals surface area contributed by atoms with Gasteiger partial charge in [0, 0.05) is 11.3 Å². The highest BCUT2D eigenvalue weighted by molar-refractivity contribution is 7.81. The van der Waals surface area contributed by atoms with Gasteiger partial charge >= 0.3 is 0 Å². The van der Waals surface area contributed by atoms with Gasteiger partial charge in [0.25, 0.3) is 0 Å². The number of hydrogen-bond acceptors (Lipinski definition) is 2. The van der Waals surface area contributed by atoms with Gasteiger partial charge in [0.1, 0.15) is 0 Å². The van der Waals surface area contributed by atoms with Gasteiger partial charge in [0.05, 0.1) is 0 Å². The molecular weight excluding hydrogens is 130 g/mol. The van der Waals surface area contributed by atoms with Crippen molar-refractivity contribution in [1.82, 2.24) is 0 Å². The molecule has 0 amide bonds. The van der Waals surface area contributed by atoms with Crippen LogP contribution in [0.5, 0.6) is 0 Å². The highest BCUT2D eigenvalue weighted by atomic mass is 32.1. The van der Waals surface area contributed by atoms with Crippen LogP contribution in [0.1, 0.15) is 26.2 Å². The fourth-order valence-corrected chi connectivity index (χ4v) is 1.68. The summed E-state index contributed by atoms with van der Waals surface area (Å²) in [6, 6.07) is 0.345. The van der Waals surface area contributed by atoms with Gasteiger partial charge < -0.3 is 5.73 Å². The first kappa shape index (κ1) is 7.42. The van der Waals surface area contributed by atoms with E-state index in [9.17, 15) is 0 Å². The molecule has 3 unspecified atom stereocenters. The summed E-state index contributed by atoms with van der Waals surface area (Å²) in [5, 5.41) is 0.459. The summed E-state index contributed by atoms with van der Waals surface area (Å²) in [6.07, 6.45) is 3.67. The molecule has 0 radical (unpaired) electrons. The van der Waals surface area contributed by atoms with Crippen molar-refractivity contribution < 1.29 is 0 Å². The number of hydrogen-bond donors (Lipinski definition) is 2. The fraction of sp³-hybridized carbons (Fsp3) is 1.00. The minimum atomic E-state index is 0.345. The third-order valence-electron chi connectivity index (χ3n) is 2.12. The van der Waals surface area contributed by atoms with Gasteiger partial charge in [-0.15, -0.1) is 0 Å².